The summed E-state index contributed by atoms with van der Waals surface area (Å²) in [5.41, 5.74) is 2.84. The number of terminal acetylenes is 1. The van der Waals surface area contributed by atoms with E-state index in [4.69, 9.17) is 16.4 Å². The monoisotopic (exact) mass is 233 g/mol. The van der Waals surface area contributed by atoms with Crippen LogP contribution in [0.5, 0.6) is 5.75 Å². The summed E-state index contributed by atoms with van der Waals surface area (Å²) >= 11 is 0. The number of ether oxygens (including phenoxy) is 1. The van der Waals surface area contributed by atoms with E-state index in [1.165, 1.54) is 0 Å². The van der Waals surface area contributed by atoms with E-state index >= 15 is 0 Å². The quantitative estimate of drug-likeness (QED) is 0.746. The molecule has 0 radical (unpaired) electrons. The number of benzene rings is 2. The Balaban J connectivity index is 2.73. The van der Waals surface area contributed by atoms with Crippen LogP contribution in [0.1, 0.15) is 11.1 Å². The SMILES string of the molecule is C#Cc1c(C#N)cccc1-c1ccccc1OC. The van der Waals surface area contributed by atoms with Crippen molar-refractivity contribution in [3.05, 3.63) is 53.6 Å². The normalized spacial score (nSPS) is 9.28. The van der Waals surface area contributed by atoms with Crippen molar-refractivity contribution in [2.45, 2.75) is 0 Å². The van der Waals surface area contributed by atoms with E-state index in [2.05, 4.69) is 12.0 Å². The van der Waals surface area contributed by atoms with E-state index in [-0.39, 0.29) is 0 Å². The lowest BCUT2D eigenvalue weighted by molar-refractivity contribution is 0.416. The van der Waals surface area contributed by atoms with E-state index < -0.39 is 0 Å². The van der Waals surface area contributed by atoms with Gasteiger partial charge in [-0.3, -0.25) is 0 Å². The standard InChI is InChI=1S/C16H11NO/c1-3-13-12(11-17)7-6-9-14(13)15-8-4-5-10-16(15)18-2/h1,4-10H,2H3. The molecule has 0 atom stereocenters. The van der Waals surface area contributed by atoms with E-state index in [0.717, 1.165) is 16.9 Å². The highest BCUT2D eigenvalue weighted by molar-refractivity contribution is 5.78. The van der Waals surface area contributed by atoms with Crippen LogP contribution in [-0.2, 0) is 0 Å². The second-order valence-corrected chi connectivity index (χ2v) is 3.68. The molecule has 0 aromatic heterocycles. The van der Waals surface area contributed by atoms with Crippen molar-refractivity contribution >= 4 is 0 Å². The molecule has 0 unspecified atom stereocenters. The van der Waals surface area contributed by atoms with Crippen LogP contribution >= 0.6 is 0 Å². The third-order valence-electron chi connectivity index (χ3n) is 2.73. The second-order valence-electron chi connectivity index (χ2n) is 3.68. The number of hydrogen-bond donors (Lipinski definition) is 0. The van der Waals surface area contributed by atoms with Crippen LogP contribution in [0.2, 0.25) is 0 Å². The lowest BCUT2D eigenvalue weighted by Crippen LogP contribution is -1.92. The maximum atomic E-state index is 9.07. The first-order valence-electron chi connectivity index (χ1n) is 5.45. The van der Waals surface area contributed by atoms with Gasteiger partial charge in [-0.2, -0.15) is 5.26 Å². The van der Waals surface area contributed by atoms with E-state index in [1.54, 1.807) is 13.2 Å². The number of methoxy groups -OCH3 is 1. The average Bonchev–Trinajstić information content (AvgIpc) is 2.46. The first-order valence-corrected chi connectivity index (χ1v) is 5.45. The molecule has 2 nitrogen and oxygen atoms in total. The molecular weight excluding hydrogens is 222 g/mol. The van der Waals surface area contributed by atoms with Crippen molar-refractivity contribution in [1.29, 1.82) is 5.26 Å². The Kier molecular flexibility index (Phi) is 3.32. The summed E-state index contributed by atoms with van der Waals surface area (Å²) in [4.78, 5) is 0. The molecule has 2 aromatic carbocycles. The van der Waals surface area contributed by atoms with Gasteiger partial charge in [-0.15, -0.1) is 6.42 Å². The van der Waals surface area contributed by atoms with Gasteiger partial charge in [-0.1, -0.05) is 36.3 Å². The largest absolute Gasteiger partial charge is 0.496 e. The first kappa shape index (κ1) is 11.8. The molecule has 2 heteroatoms. The third-order valence-corrected chi connectivity index (χ3v) is 2.73. The molecule has 2 aromatic rings. The summed E-state index contributed by atoms with van der Waals surface area (Å²) in [5, 5.41) is 9.07. The van der Waals surface area contributed by atoms with Crippen LogP contribution in [0.25, 0.3) is 11.1 Å². The van der Waals surface area contributed by atoms with Crippen molar-refractivity contribution in [3.8, 4) is 35.3 Å². The molecule has 2 rings (SSSR count). The van der Waals surface area contributed by atoms with Crippen molar-refractivity contribution in [3.63, 3.8) is 0 Å². The Morgan fingerprint density at radius 3 is 2.44 bits per heavy atom. The van der Waals surface area contributed by atoms with Crippen LogP contribution in [0.3, 0.4) is 0 Å². The van der Waals surface area contributed by atoms with Crippen LogP contribution in [0.4, 0.5) is 0 Å². The second kappa shape index (κ2) is 5.08. The number of nitriles is 1. The molecule has 0 aliphatic carbocycles. The van der Waals surface area contributed by atoms with Gasteiger partial charge in [-0.05, 0) is 12.1 Å². The minimum atomic E-state index is 0.501. The van der Waals surface area contributed by atoms with Gasteiger partial charge in [0.15, 0.2) is 0 Å². The fourth-order valence-electron chi connectivity index (χ4n) is 1.89. The number of para-hydroxylation sites is 1. The van der Waals surface area contributed by atoms with Gasteiger partial charge >= 0.3 is 0 Å². The minimum Gasteiger partial charge on any atom is -0.496 e. The predicted molar refractivity (Wildman–Crippen MR) is 71.1 cm³/mol. The molecule has 18 heavy (non-hydrogen) atoms. The van der Waals surface area contributed by atoms with E-state index in [1.807, 2.05) is 36.4 Å². The minimum absolute atomic E-state index is 0.501. The molecular formula is C16H11NO. The summed E-state index contributed by atoms with van der Waals surface area (Å²) in [6, 6.07) is 15.1. The van der Waals surface area contributed by atoms with Crippen LogP contribution < -0.4 is 4.74 Å². The Labute approximate surface area is 106 Å². The lowest BCUT2D eigenvalue weighted by atomic mass is 9.95. The smallest absolute Gasteiger partial charge is 0.126 e. The van der Waals surface area contributed by atoms with Crippen molar-refractivity contribution in [2.75, 3.05) is 7.11 Å². The molecule has 0 heterocycles. The average molecular weight is 233 g/mol. The zero-order chi connectivity index (χ0) is 13.0. The molecule has 0 aliphatic rings. The van der Waals surface area contributed by atoms with E-state index in [0.29, 0.717) is 11.1 Å². The molecule has 0 saturated heterocycles. The first-order chi connectivity index (χ1) is 8.81. The summed E-state index contributed by atoms with van der Waals surface area (Å²) in [7, 11) is 1.61. The molecule has 0 aliphatic heterocycles. The van der Waals surface area contributed by atoms with Gasteiger partial charge in [0.1, 0.15) is 11.8 Å². The van der Waals surface area contributed by atoms with Crippen LogP contribution in [0, 0.1) is 23.7 Å². The van der Waals surface area contributed by atoms with Crippen molar-refractivity contribution < 1.29 is 4.74 Å². The Morgan fingerprint density at radius 2 is 1.78 bits per heavy atom. The highest BCUT2D eigenvalue weighted by Crippen LogP contribution is 2.32. The Morgan fingerprint density at radius 1 is 1.06 bits per heavy atom. The maximum Gasteiger partial charge on any atom is 0.126 e. The fraction of sp³-hybridized carbons (Fsp3) is 0.0625. The molecule has 0 spiro atoms. The third kappa shape index (κ3) is 1.93. The fourth-order valence-corrected chi connectivity index (χ4v) is 1.89. The van der Waals surface area contributed by atoms with Crippen molar-refractivity contribution in [2.24, 2.45) is 0 Å². The predicted octanol–water partition coefficient (Wildman–Crippen LogP) is 3.22. The van der Waals surface area contributed by atoms with Gasteiger partial charge in [0.2, 0.25) is 0 Å². The van der Waals surface area contributed by atoms with Gasteiger partial charge in [0.25, 0.3) is 0 Å². The summed E-state index contributed by atoms with van der Waals surface area (Å²) in [6.45, 7) is 0. The van der Waals surface area contributed by atoms with Crippen LogP contribution in [-0.4, -0.2) is 7.11 Å². The Bertz CT molecular complexity index is 660. The molecule has 0 bridgehead atoms. The zero-order valence-corrected chi connectivity index (χ0v) is 9.97. The highest BCUT2D eigenvalue weighted by Gasteiger charge is 2.11. The number of nitrogens with zero attached hydrogens (tertiary/aromatic N) is 1. The summed E-state index contributed by atoms with van der Waals surface area (Å²) in [6.07, 6.45) is 5.51. The maximum absolute atomic E-state index is 9.07. The van der Waals surface area contributed by atoms with Gasteiger partial charge < -0.3 is 4.74 Å². The van der Waals surface area contributed by atoms with Gasteiger partial charge in [0, 0.05) is 16.7 Å². The van der Waals surface area contributed by atoms with Crippen LogP contribution in [0.15, 0.2) is 42.5 Å². The molecule has 86 valence electrons. The lowest BCUT2D eigenvalue weighted by Gasteiger charge is -2.10. The molecule has 0 fully saturated rings. The van der Waals surface area contributed by atoms with E-state index in [9.17, 15) is 0 Å². The molecule has 0 N–H and O–H groups in total. The Hall–Kier alpha value is -2.71. The number of hydrogen-bond acceptors (Lipinski definition) is 2. The number of rotatable bonds is 2. The van der Waals surface area contributed by atoms with Gasteiger partial charge in [-0.25, -0.2) is 0 Å². The molecule has 0 saturated carbocycles. The summed E-state index contributed by atoms with van der Waals surface area (Å²) in [5.74, 6) is 3.33. The van der Waals surface area contributed by atoms with Gasteiger partial charge in [0.05, 0.1) is 12.7 Å². The summed E-state index contributed by atoms with van der Waals surface area (Å²) < 4.78 is 5.32. The zero-order valence-electron chi connectivity index (χ0n) is 9.97. The highest BCUT2D eigenvalue weighted by atomic mass is 16.5. The topological polar surface area (TPSA) is 33.0 Å². The molecule has 0 amide bonds. The van der Waals surface area contributed by atoms with Crippen molar-refractivity contribution in [1.82, 2.24) is 0 Å².